The fourth-order valence-corrected chi connectivity index (χ4v) is 1.70. The molecule has 94 valence electrons. The summed E-state index contributed by atoms with van der Waals surface area (Å²) in [5.74, 6) is 0.0380. The lowest BCUT2D eigenvalue weighted by molar-refractivity contribution is -0.120. The monoisotopic (exact) mass is 244 g/mol. The van der Waals surface area contributed by atoms with Crippen molar-refractivity contribution in [3.8, 4) is 11.3 Å². The van der Waals surface area contributed by atoms with Crippen molar-refractivity contribution in [1.29, 1.82) is 0 Å². The van der Waals surface area contributed by atoms with Crippen LogP contribution in [-0.2, 0) is 18.4 Å². The molecule has 0 bridgehead atoms. The van der Waals surface area contributed by atoms with E-state index >= 15 is 0 Å². The Hall–Kier alpha value is -2.17. The first-order valence-corrected chi connectivity index (χ1v) is 5.90. The number of nitrogens with zero attached hydrogens (tertiary/aromatic N) is 3. The largest absolute Gasteiger partial charge is 0.352 e. The van der Waals surface area contributed by atoms with Gasteiger partial charge in [-0.05, 0) is 11.6 Å². The highest BCUT2D eigenvalue weighted by Gasteiger charge is 2.08. The minimum absolute atomic E-state index is 0.0380. The Morgan fingerprint density at radius 2 is 2.33 bits per heavy atom. The Labute approximate surface area is 106 Å². The highest BCUT2D eigenvalue weighted by molar-refractivity contribution is 5.75. The van der Waals surface area contributed by atoms with Crippen LogP contribution in [0.5, 0.6) is 0 Å². The molecule has 0 aliphatic rings. The number of pyridine rings is 1. The number of carbonyl (C=O) groups is 1. The van der Waals surface area contributed by atoms with Crippen molar-refractivity contribution < 1.29 is 4.79 Å². The predicted molar refractivity (Wildman–Crippen MR) is 68.6 cm³/mol. The lowest BCUT2D eigenvalue weighted by Crippen LogP contribution is -2.21. The van der Waals surface area contributed by atoms with Crippen LogP contribution in [0.1, 0.15) is 18.9 Å². The van der Waals surface area contributed by atoms with E-state index in [1.165, 1.54) is 0 Å². The molecule has 0 aromatic carbocycles. The quantitative estimate of drug-likeness (QED) is 0.886. The first kappa shape index (κ1) is 12.3. The summed E-state index contributed by atoms with van der Waals surface area (Å²) in [4.78, 5) is 15.7. The summed E-state index contributed by atoms with van der Waals surface area (Å²) in [5, 5.41) is 6.99. The Bertz CT molecular complexity index is 547. The highest BCUT2D eigenvalue weighted by atomic mass is 16.1. The molecule has 0 radical (unpaired) electrons. The summed E-state index contributed by atoms with van der Waals surface area (Å²) in [6.07, 6.45) is 5.91. The Kier molecular flexibility index (Phi) is 3.72. The number of rotatable bonds is 4. The lowest BCUT2D eigenvalue weighted by atomic mass is 10.1. The zero-order valence-electron chi connectivity index (χ0n) is 10.6. The van der Waals surface area contributed by atoms with E-state index in [4.69, 9.17) is 0 Å². The van der Waals surface area contributed by atoms with Crippen molar-refractivity contribution in [3.63, 3.8) is 0 Å². The maximum absolute atomic E-state index is 11.3. The number of hydrogen-bond acceptors (Lipinski definition) is 3. The van der Waals surface area contributed by atoms with E-state index in [-0.39, 0.29) is 5.91 Å². The third-order valence-corrected chi connectivity index (χ3v) is 2.67. The van der Waals surface area contributed by atoms with E-state index in [2.05, 4.69) is 15.4 Å². The second-order valence-corrected chi connectivity index (χ2v) is 4.04. The molecule has 2 heterocycles. The molecule has 2 aromatic heterocycles. The van der Waals surface area contributed by atoms with E-state index in [1.54, 1.807) is 17.1 Å². The van der Waals surface area contributed by atoms with Crippen LogP contribution in [0.4, 0.5) is 0 Å². The fourth-order valence-electron chi connectivity index (χ4n) is 1.70. The minimum Gasteiger partial charge on any atom is -0.352 e. The van der Waals surface area contributed by atoms with Crippen molar-refractivity contribution in [2.24, 2.45) is 7.05 Å². The van der Waals surface area contributed by atoms with Gasteiger partial charge in [0.15, 0.2) is 0 Å². The van der Waals surface area contributed by atoms with Crippen LogP contribution in [0.15, 0.2) is 30.7 Å². The zero-order chi connectivity index (χ0) is 13.0. The molecule has 1 amide bonds. The Morgan fingerprint density at radius 3 is 3.00 bits per heavy atom. The standard InChI is InChI=1S/C13H16N4O/c1-3-12(18)15-7-10-5-4-6-14-13(10)11-8-16-17(2)9-11/h4-6,8-9H,3,7H2,1-2H3,(H,15,18). The van der Waals surface area contributed by atoms with Gasteiger partial charge in [0.1, 0.15) is 0 Å². The van der Waals surface area contributed by atoms with Crippen LogP contribution in [0.25, 0.3) is 11.3 Å². The SMILES string of the molecule is CCC(=O)NCc1cccnc1-c1cnn(C)c1. The second kappa shape index (κ2) is 5.44. The molecule has 0 atom stereocenters. The molecule has 0 aliphatic heterocycles. The van der Waals surface area contributed by atoms with Crippen molar-refractivity contribution in [2.45, 2.75) is 19.9 Å². The molecule has 0 unspecified atom stereocenters. The summed E-state index contributed by atoms with van der Waals surface area (Å²) in [6, 6.07) is 3.83. The van der Waals surface area contributed by atoms with E-state index in [9.17, 15) is 4.79 Å². The molecular formula is C13H16N4O. The maximum Gasteiger partial charge on any atom is 0.219 e. The van der Waals surface area contributed by atoms with Gasteiger partial charge >= 0.3 is 0 Å². The van der Waals surface area contributed by atoms with Gasteiger partial charge in [0.2, 0.25) is 5.91 Å². The highest BCUT2D eigenvalue weighted by Crippen LogP contribution is 2.19. The molecule has 2 aromatic rings. The third-order valence-electron chi connectivity index (χ3n) is 2.67. The Morgan fingerprint density at radius 1 is 1.50 bits per heavy atom. The van der Waals surface area contributed by atoms with E-state index in [1.807, 2.05) is 32.3 Å². The van der Waals surface area contributed by atoms with Crippen molar-refractivity contribution >= 4 is 5.91 Å². The van der Waals surface area contributed by atoms with Gasteiger partial charge in [0, 0.05) is 38.0 Å². The van der Waals surface area contributed by atoms with Gasteiger partial charge in [-0.15, -0.1) is 0 Å². The molecule has 18 heavy (non-hydrogen) atoms. The van der Waals surface area contributed by atoms with Gasteiger partial charge in [-0.2, -0.15) is 5.10 Å². The molecule has 0 spiro atoms. The maximum atomic E-state index is 11.3. The van der Waals surface area contributed by atoms with Gasteiger partial charge in [0.05, 0.1) is 11.9 Å². The van der Waals surface area contributed by atoms with Crippen LogP contribution in [0.3, 0.4) is 0 Å². The van der Waals surface area contributed by atoms with Crippen molar-refractivity contribution in [3.05, 3.63) is 36.3 Å². The average Bonchev–Trinajstić information content (AvgIpc) is 2.83. The summed E-state index contributed by atoms with van der Waals surface area (Å²) < 4.78 is 1.73. The summed E-state index contributed by atoms with van der Waals surface area (Å²) in [6.45, 7) is 2.32. The zero-order valence-corrected chi connectivity index (χ0v) is 10.6. The number of carbonyl (C=O) groups excluding carboxylic acids is 1. The topological polar surface area (TPSA) is 59.8 Å². The fraction of sp³-hybridized carbons (Fsp3) is 0.308. The van der Waals surface area contributed by atoms with Gasteiger partial charge < -0.3 is 5.32 Å². The number of aryl methyl sites for hydroxylation is 1. The van der Waals surface area contributed by atoms with Crippen LogP contribution >= 0.6 is 0 Å². The molecule has 2 rings (SSSR count). The molecule has 0 fully saturated rings. The molecule has 5 nitrogen and oxygen atoms in total. The molecule has 1 N–H and O–H groups in total. The Balaban J connectivity index is 2.23. The number of aromatic nitrogens is 3. The molecule has 0 saturated carbocycles. The van der Waals surface area contributed by atoms with Gasteiger partial charge in [-0.1, -0.05) is 13.0 Å². The van der Waals surface area contributed by atoms with E-state index < -0.39 is 0 Å². The minimum atomic E-state index is 0.0380. The number of hydrogen-bond donors (Lipinski definition) is 1. The van der Waals surface area contributed by atoms with Gasteiger partial charge in [0.25, 0.3) is 0 Å². The van der Waals surface area contributed by atoms with Crippen LogP contribution in [0, 0.1) is 0 Å². The third kappa shape index (κ3) is 2.74. The molecule has 0 saturated heterocycles. The first-order chi connectivity index (χ1) is 8.70. The van der Waals surface area contributed by atoms with Crippen LogP contribution < -0.4 is 5.32 Å². The van der Waals surface area contributed by atoms with Crippen molar-refractivity contribution in [2.75, 3.05) is 0 Å². The van der Waals surface area contributed by atoms with Gasteiger partial charge in [-0.25, -0.2) is 0 Å². The summed E-state index contributed by atoms with van der Waals surface area (Å²) in [5.41, 5.74) is 2.81. The first-order valence-electron chi connectivity index (χ1n) is 5.90. The summed E-state index contributed by atoms with van der Waals surface area (Å²) >= 11 is 0. The normalized spacial score (nSPS) is 10.3. The number of nitrogens with one attached hydrogen (secondary N) is 1. The van der Waals surface area contributed by atoms with Gasteiger partial charge in [-0.3, -0.25) is 14.5 Å². The van der Waals surface area contributed by atoms with E-state index in [0.29, 0.717) is 13.0 Å². The lowest BCUT2D eigenvalue weighted by Gasteiger charge is -2.07. The molecule has 0 aliphatic carbocycles. The van der Waals surface area contributed by atoms with E-state index in [0.717, 1.165) is 16.8 Å². The predicted octanol–water partition coefficient (Wildman–Crippen LogP) is 1.51. The summed E-state index contributed by atoms with van der Waals surface area (Å²) in [7, 11) is 1.87. The average molecular weight is 244 g/mol. The smallest absolute Gasteiger partial charge is 0.219 e. The van der Waals surface area contributed by atoms with Crippen LogP contribution in [-0.4, -0.2) is 20.7 Å². The van der Waals surface area contributed by atoms with Crippen molar-refractivity contribution in [1.82, 2.24) is 20.1 Å². The molecular weight excluding hydrogens is 228 g/mol. The number of amides is 1. The second-order valence-electron chi connectivity index (χ2n) is 4.04. The van der Waals surface area contributed by atoms with Crippen LogP contribution in [0.2, 0.25) is 0 Å². The molecule has 5 heteroatoms.